The van der Waals surface area contributed by atoms with Crippen molar-refractivity contribution in [2.45, 2.75) is 19.9 Å². The number of benzene rings is 1. The van der Waals surface area contributed by atoms with Gasteiger partial charge in [0.15, 0.2) is 0 Å². The smallest absolute Gasteiger partial charge is 0.270 e. The molecule has 4 aromatic rings. The summed E-state index contributed by atoms with van der Waals surface area (Å²) >= 11 is 0. The maximum atomic E-state index is 13.2. The number of aromatic nitrogens is 6. The van der Waals surface area contributed by atoms with Crippen LogP contribution in [0.25, 0.3) is 17.0 Å². The van der Waals surface area contributed by atoms with Crippen LogP contribution in [0.15, 0.2) is 42.9 Å². The standard InChI is InChI=1S/C19H18FN7O/c1-11(15-9-22-26(3)12(15)2)24-18(28)17-8-16(13-4-6-14(20)7-5-13)25-19-21-10-23-27(17)19/h4-11H,1-3H3,(H,24,28)/t11-/m0/s1. The summed E-state index contributed by atoms with van der Waals surface area (Å²) in [7, 11) is 1.85. The number of aryl methyl sites for hydroxylation is 1. The predicted octanol–water partition coefficient (Wildman–Crippen LogP) is 2.46. The number of hydrogen-bond donors (Lipinski definition) is 1. The zero-order valence-corrected chi connectivity index (χ0v) is 15.6. The molecule has 3 heterocycles. The van der Waals surface area contributed by atoms with Crippen LogP contribution in [0, 0.1) is 12.7 Å². The lowest BCUT2D eigenvalue weighted by Crippen LogP contribution is -2.29. The average Bonchev–Trinajstić information content (AvgIpc) is 3.28. The first-order chi connectivity index (χ1) is 13.4. The molecule has 0 fully saturated rings. The van der Waals surface area contributed by atoms with Gasteiger partial charge in [-0.05, 0) is 44.2 Å². The highest BCUT2D eigenvalue weighted by Gasteiger charge is 2.20. The Hall–Kier alpha value is -3.62. The van der Waals surface area contributed by atoms with Crippen LogP contribution in [0.4, 0.5) is 4.39 Å². The van der Waals surface area contributed by atoms with E-state index in [1.807, 2.05) is 20.9 Å². The minimum absolute atomic E-state index is 0.248. The van der Waals surface area contributed by atoms with Crippen LogP contribution in [0.2, 0.25) is 0 Å². The number of hydrogen-bond acceptors (Lipinski definition) is 5. The Kier molecular flexibility index (Phi) is 4.34. The minimum Gasteiger partial charge on any atom is -0.344 e. The van der Waals surface area contributed by atoms with Crippen LogP contribution in [0.3, 0.4) is 0 Å². The summed E-state index contributed by atoms with van der Waals surface area (Å²) in [6, 6.07) is 7.27. The summed E-state index contributed by atoms with van der Waals surface area (Å²) in [6.45, 7) is 3.84. The molecule has 0 radical (unpaired) electrons. The quantitative estimate of drug-likeness (QED) is 0.588. The highest BCUT2D eigenvalue weighted by atomic mass is 19.1. The Bertz CT molecular complexity index is 1160. The summed E-state index contributed by atoms with van der Waals surface area (Å²) in [6.07, 6.45) is 3.07. The third-order valence-electron chi connectivity index (χ3n) is 4.71. The molecule has 0 spiro atoms. The molecule has 1 amide bonds. The summed E-state index contributed by atoms with van der Waals surface area (Å²) in [4.78, 5) is 21.5. The second kappa shape index (κ2) is 6.84. The topological polar surface area (TPSA) is 90.0 Å². The van der Waals surface area contributed by atoms with Gasteiger partial charge in [0.1, 0.15) is 17.8 Å². The third-order valence-corrected chi connectivity index (χ3v) is 4.71. The number of halogens is 1. The van der Waals surface area contributed by atoms with Gasteiger partial charge in [-0.15, -0.1) is 0 Å². The van der Waals surface area contributed by atoms with E-state index in [4.69, 9.17) is 0 Å². The van der Waals surface area contributed by atoms with Crippen molar-refractivity contribution in [2.75, 3.05) is 0 Å². The first-order valence-corrected chi connectivity index (χ1v) is 8.70. The first kappa shape index (κ1) is 17.8. The van der Waals surface area contributed by atoms with Gasteiger partial charge in [-0.1, -0.05) is 0 Å². The molecular weight excluding hydrogens is 361 g/mol. The number of carbonyl (C=O) groups is 1. The van der Waals surface area contributed by atoms with Gasteiger partial charge >= 0.3 is 0 Å². The van der Waals surface area contributed by atoms with Gasteiger partial charge in [0, 0.05) is 23.9 Å². The molecular formula is C19H18FN7O. The Labute approximate surface area is 160 Å². The highest BCUT2D eigenvalue weighted by molar-refractivity contribution is 5.94. The molecule has 0 saturated heterocycles. The van der Waals surface area contributed by atoms with Crippen molar-refractivity contribution in [3.63, 3.8) is 0 Å². The van der Waals surface area contributed by atoms with Crippen molar-refractivity contribution in [3.05, 3.63) is 65.6 Å². The van der Waals surface area contributed by atoms with Crippen LogP contribution in [-0.4, -0.2) is 35.3 Å². The number of nitrogens with one attached hydrogen (secondary N) is 1. The maximum absolute atomic E-state index is 13.2. The van der Waals surface area contributed by atoms with E-state index < -0.39 is 0 Å². The largest absolute Gasteiger partial charge is 0.344 e. The summed E-state index contributed by atoms with van der Waals surface area (Å²) in [5.41, 5.74) is 3.38. The summed E-state index contributed by atoms with van der Waals surface area (Å²) in [5, 5.41) is 11.3. The molecule has 8 nitrogen and oxygen atoms in total. The second-order valence-electron chi connectivity index (χ2n) is 6.51. The van der Waals surface area contributed by atoms with Gasteiger partial charge in [0.2, 0.25) is 0 Å². The average molecular weight is 379 g/mol. The monoisotopic (exact) mass is 379 g/mol. The molecule has 1 aromatic carbocycles. The van der Waals surface area contributed by atoms with Gasteiger partial charge in [-0.3, -0.25) is 9.48 Å². The molecule has 9 heteroatoms. The van der Waals surface area contributed by atoms with E-state index in [2.05, 4.69) is 25.5 Å². The molecule has 1 N–H and O–H groups in total. The van der Waals surface area contributed by atoms with E-state index in [0.29, 0.717) is 11.3 Å². The van der Waals surface area contributed by atoms with Crippen molar-refractivity contribution in [2.24, 2.45) is 7.05 Å². The zero-order valence-electron chi connectivity index (χ0n) is 15.6. The lowest BCUT2D eigenvalue weighted by atomic mass is 10.1. The van der Waals surface area contributed by atoms with Crippen molar-refractivity contribution in [1.82, 2.24) is 34.7 Å². The Morgan fingerprint density at radius 2 is 1.96 bits per heavy atom. The van der Waals surface area contributed by atoms with E-state index in [9.17, 15) is 9.18 Å². The van der Waals surface area contributed by atoms with E-state index in [0.717, 1.165) is 11.3 Å². The van der Waals surface area contributed by atoms with Gasteiger partial charge in [0.25, 0.3) is 11.7 Å². The highest BCUT2D eigenvalue weighted by Crippen LogP contribution is 2.21. The SMILES string of the molecule is Cc1c([C@H](C)NC(=O)c2cc(-c3ccc(F)cc3)nc3ncnn23)cnn1C. The maximum Gasteiger partial charge on any atom is 0.270 e. The van der Waals surface area contributed by atoms with Crippen LogP contribution in [-0.2, 0) is 7.05 Å². The fourth-order valence-electron chi connectivity index (χ4n) is 3.03. The fraction of sp³-hybridized carbons (Fsp3) is 0.211. The van der Waals surface area contributed by atoms with Gasteiger partial charge < -0.3 is 5.32 Å². The molecule has 1 atom stereocenters. The van der Waals surface area contributed by atoms with Crippen LogP contribution < -0.4 is 5.32 Å². The van der Waals surface area contributed by atoms with Crippen LogP contribution in [0.1, 0.15) is 34.7 Å². The fourth-order valence-corrected chi connectivity index (χ4v) is 3.03. The Morgan fingerprint density at radius 3 is 2.64 bits per heavy atom. The van der Waals surface area contributed by atoms with E-state index in [-0.39, 0.29) is 29.2 Å². The molecule has 0 aliphatic rings. The number of carbonyl (C=O) groups excluding carboxylic acids is 1. The molecule has 4 rings (SSSR count). The molecule has 28 heavy (non-hydrogen) atoms. The number of rotatable bonds is 4. The normalized spacial score (nSPS) is 12.3. The summed E-state index contributed by atoms with van der Waals surface area (Å²) in [5.74, 6) is -0.375. The molecule has 0 saturated carbocycles. The van der Waals surface area contributed by atoms with Gasteiger partial charge in [-0.25, -0.2) is 9.37 Å². The predicted molar refractivity (Wildman–Crippen MR) is 100 cm³/mol. The van der Waals surface area contributed by atoms with Crippen molar-refractivity contribution < 1.29 is 9.18 Å². The number of amides is 1. The van der Waals surface area contributed by atoms with Crippen molar-refractivity contribution in [1.29, 1.82) is 0 Å². The molecule has 3 aromatic heterocycles. The lowest BCUT2D eigenvalue weighted by Gasteiger charge is -2.14. The van der Waals surface area contributed by atoms with E-state index >= 15 is 0 Å². The van der Waals surface area contributed by atoms with E-state index in [1.165, 1.54) is 23.0 Å². The van der Waals surface area contributed by atoms with Crippen molar-refractivity contribution >= 4 is 11.7 Å². The van der Waals surface area contributed by atoms with Crippen LogP contribution >= 0.6 is 0 Å². The second-order valence-corrected chi connectivity index (χ2v) is 6.51. The summed E-state index contributed by atoms with van der Waals surface area (Å²) < 4.78 is 16.4. The molecule has 0 bridgehead atoms. The molecule has 142 valence electrons. The molecule has 0 aliphatic heterocycles. The lowest BCUT2D eigenvalue weighted by molar-refractivity contribution is 0.0932. The number of nitrogens with zero attached hydrogens (tertiary/aromatic N) is 6. The van der Waals surface area contributed by atoms with Gasteiger partial charge in [-0.2, -0.15) is 19.7 Å². The first-order valence-electron chi connectivity index (χ1n) is 8.70. The number of fused-ring (bicyclic) bond motifs is 1. The zero-order chi connectivity index (χ0) is 19.8. The Morgan fingerprint density at radius 1 is 1.21 bits per heavy atom. The molecule has 0 aliphatic carbocycles. The van der Waals surface area contributed by atoms with Gasteiger partial charge in [0.05, 0.1) is 17.9 Å². The molecule has 0 unspecified atom stereocenters. The van der Waals surface area contributed by atoms with Crippen LogP contribution in [0.5, 0.6) is 0 Å². The third kappa shape index (κ3) is 3.11. The minimum atomic E-state index is -0.342. The Balaban J connectivity index is 1.70. The van der Waals surface area contributed by atoms with E-state index in [1.54, 1.807) is 29.1 Å². The van der Waals surface area contributed by atoms with Crippen molar-refractivity contribution in [3.8, 4) is 11.3 Å².